The zero-order valence-electron chi connectivity index (χ0n) is 11.4. The predicted octanol–water partition coefficient (Wildman–Crippen LogP) is 4.22. The normalized spacial score (nSPS) is 11.1. The van der Waals surface area contributed by atoms with Crippen molar-refractivity contribution < 1.29 is 9.52 Å². The van der Waals surface area contributed by atoms with E-state index >= 15 is 0 Å². The molecule has 1 aromatic carbocycles. The maximum Gasteiger partial charge on any atom is 0.260 e. The van der Waals surface area contributed by atoms with E-state index in [9.17, 15) is 9.90 Å². The van der Waals surface area contributed by atoms with Crippen LogP contribution in [0, 0.1) is 0 Å². The van der Waals surface area contributed by atoms with Gasteiger partial charge in [-0.25, -0.2) is 0 Å². The van der Waals surface area contributed by atoms with Crippen LogP contribution in [0.5, 0.6) is 5.75 Å². The second-order valence-electron chi connectivity index (χ2n) is 4.87. The van der Waals surface area contributed by atoms with Crippen molar-refractivity contribution in [2.24, 2.45) is 0 Å². The van der Waals surface area contributed by atoms with Gasteiger partial charge in [-0.15, -0.1) is 11.3 Å². The molecule has 22 heavy (non-hydrogen) atoms. The molecule has 0 aliphatic rings. The summed E-state index contributed by atoms with van der Waals surface area (Å²) in [6.45, 7) is 0. The van der Waals surface area contributed by atoms with Crippen LogP contribution in [0.1, 0.15) is 0 Å². The van der Waals surface area contributed by atoms with Gasteiger partial charge in [-0.05, 0) is 17.7 Å². The van der Waals surface area contributed by atoms with Crippen LogP contribution in [-0.2, 0) is 0 Å². The molecule has 0 unspecified atom stereocenters. The third-order valence-corrected chi connectivity index (χ3v) is 4.46. The van der Waals surface area contributed by atoms with Gasteiger partial charge in [0, 0.05) is 10.9 Å². The SMILES string of the molecule is O=c1[nH]c2scc(-c3ccco3)c2c(O)c1-c1ccccc1. The molecule has 0 radical (unpaired) electrons. The maximum atomic E-state index is 12.3. The third-order valence-electron chi connectivity index (χ3n) is 3.57. The van der Waals surface area contributed by atoms with Crippen molar-refractivity contribution in [3.63, 3.8) is 0 Å². The Morgan fingerprint density at radius 2 is 1.91 bits per heavy atom. The molecule has 0 aliphatic carbocycles. The first-order valence-electron chi connectivity index (χ1n) is 6.71. The summed E-state index contributed by atoms with van der Waals surface area (Å²) in [5, 5.41) is 13.2. The van der Waals surface area contributed by atoms with Crippen LogP contribution < -0.4 is 5.56 Å². The summed E-state index contributed by atoms with van der Waals surface area (Å²) in [4.78, 5) is 15.8. The zero-order chi connectivity index (χ0) is 15.1. The maximum absolute atomic E-state index is 12.3. The van der Waals surface area contributed by atoms with Gasteiger partial charge >= 0.3 is 0 Å². The quantitative estimate of drug-likeness (QED) is 0.582. The van der Waals surface area contributed by atoms with E-state index in [2.05, 4.69) is 4.98 Å². The second-order valence-corrected chi connectivity index (χ2v) is 5.75. The molecule has 0 atom stereocenters. The molecule has 4 rings (SSSR count). The third kappa shape index (κ3) is 1.87. The number of furan rings is 1. The zero-order valence-corrected chi connectivity index (χ0v) is 12.2. The molecule has 5 heteroatoms. The average Bonchev–Trinajstić information content (AvgIpc) is 3.16. The van der Waals surface area contributed by atoms with Crippen molar-refractivity contribution in [1.82, 2.24) is 4.98 Å². The fourth-order valence-electron chi connectivity index (χ4n) is 2.57. The smallest absolute Gasteiger partial charge is 0.260 e. The summed E-state index contributed by atoms with van der Waals surface area (Å²) >= 11 is 1.37. The molecule has 0 bridgehead atoms. The van der Waals surface area contributed by atoms with E-state index in [1.807, 2.05) is 29.6 Å². The number of thiophene rings is 1. The van der Waals surface area contributed by atoms with E-state index in [4.69, 9.17) is 4.42 Å². The lowest BCUT2D eigenvalue weighted by molar-refractivity contribution is 0.482. The highest BCUT2D eigenvalue weighted by molar-refractivity contribution is 7.17. The summed E-state index contributed by atoms with van der Waals surface area (Å²) in [6, 6.07) is 12.8. The molecule has 0 aliphatic heterocycles. The summed E-state index contributed by atoms with van der Waals surface area (Å²) in [5.41, 5.74) is 1.43. The van der Waals surface area contributed by atoms with Crippen LogP contribution in [0.15, 0.2) is 63.3 Å². The lowest BCUT2D eigenvalue weighted by atomic mass is 10.0. The Morgan fingerprint density at radius 3 is 2.64 bits per heavy atom. The first-order chi connectivity index (χ1) is 10.8. The first kappa shape index (κ1) is 12.9. The fraction of sp³-hybridized carbons (Fsp3) is 0. The number of hydrogen-bond acceptors (Lipinski definition) is 4. The Morgan fingerprint density at radius 1 is 1.09 bits per heavy atom. The van der Waals surface area contributed by atoms with Crippen molar-refractivity contribution in [3.8, 4) is 28.2 Å². The number of rotatable bonds is 2. The van der Waals surface area contributed by atoms with E-state index in [1.165, 1.54) is 11.3 Å². The van der Waals surface area contributed by atoms with Gasteiger partial charge in [0.2, 0.25) is 0 Å². The number of aromatic nitrogens is 1. The van der Waals surface area contributed by atoms with Crippen molar-refractivity contribution in [2.75, 3.05) is 0 Å². The molecule has 2 N–H and O–H groups in total. The Labute approximate surface area is 129 Å². The van der Waals surface area contributed by atoms with Crippen molar-refractivity contribution in [2.45, 2.75) is 0 Å². The highest BCUT2D eigenvalue weighted by Crippen LogP contribution is 2.41. The topological polar surface area (TPSA) is 66.2 Å². The summed E-state index contributed by atoms with van der Waals surface area (Å²) in [5.74, 6) is 0.644. The number of hydrogen-bond donors (Lipinski definition) is 2. The molecule has 3 aromatic heterocycles. The summed E-state index contributed by atoms with van der Waals surface area (Å²) < 4.78 is 5.42. The van der Waals surface area contributed by atoms with E-state index in [-0.39, 0.29) is 16.9 Å². The monoisotopic (exact) mass is 309 g/mol. The number of aromatic hydroxyl groups is 1. The van der Waals surface area contributed by atoms with Gasteiger partial charge in [0.05, 0.1) is 17.2 Å². The molecular weight excluding hydrogens is 298 g/mol. The Hall–Kier alpha value is -2.79. The van der Waals surface area contributed by atoms with Crippen molar-refractivity contribution in [1.29, 1.82) is 0 Å². The fourth-order valence-corrected chi connectivity index (χ4v) is 3.51. The van der Waals surface area contributed by atoms with Crippen LogP contribution in [0.2, 0.25) is 0 Å². The minimum Gasteiger partial charge on any atom is -0.506 e. The van der Waals surface area contributed by atoms with Gasteiger partial charge in [0.25, 0.3) is 5.56 Å². The van der Waals surface area contributed by atoms with Gasteiger partial charge in [-0.1, -0.05) is 30.3 Å². The van der Waals surface area contributed by atoms with Crippen molar-refractivity contribution >= 4 is 21.6 Å². The lowest BCUT2D eigenvalue weighted by Crippen LogP contribution is -2.08. The van der Waals surface area contributed by atoms with Gasteiger partial charge < -0.3 is 14.5 Å². The second kappa shape index (κ2) is 4.89. The number of pyridine rings is 1. The van der Waals surface area contributed by atoms with Gasteiger partial charge in [-0.2, -0.15) is 0 Å². The van der Waals surface area contributed by atoms with Gasteiger partial charge in [-0.3, -0.25) is 4.79 Å². The van der Waals surface area contributed by atoms with Crippen LogP contribution in [0.4, 0.5) is 0 Å². The average molecular weight is 309 g/mol. The van der Waals surface area contributed by atoms with Crippen molar-refractivity contribution in [3.05, 3.63) is 64.5 Å². The van der Waals surface area contributed by atoms with Crippen LogP contribution >= 0.6 is 11.3 Å². The summed E-state index contributed by atoms with van der Waals surface area (Å²) in [6.07, 6.45) is 1.58. The van der Waals surface area contributed by atoms with E-state index in [1.54, 1.807) is 24.5 Å². The Bertz CT molecular complexity index is 998. The number of nitrogens with one attached hydrogen (secondary N) is 1. The molecule has 0 saturated carbocycles. The predicted molar refractivity (Wildman–Crippen MR) is 87.2 cm³/mol. The number of fused-ring (bicyclic) bond motifs is 1. The van der Waals surface area contributed by atoms with Crippen LogP contribution in [-0.4, -0.2) is 10.1 Å². The number of benzene rings is 1. The Balaban J connectivity index is 2.08. The van der Waals surface area contributed by atoms with E-state index in [0.29, 0.717) is 21.5 Å². The highest BCUT2D eigenvalue weighted by Gasteiger charge is 2.19. The van der Waals surface area contributed by atoms with Gasteiger partial charge in [0.1, 0.15) is 16.3 Å². The highest BCUT2D eigenvalue weighted by atomic mass is 32.1. The van der Waals surface area contributed by atoms with Gasteiger partial charge in [0.15, 0.2) is 0 Å². The number of H-pyrrole nitrogens is 1. The molecule has 4 nitrogen and oxygen atoms in total. The minimum atomic E-state index is -0.302. The molecule has 0 saturated heterocycles. The molecule has 0 fully saturated rings. The first-order valence-corrected chi connectivity index (χ1v) is 7.59. The van der Waals surface area contributed by atoms with E-state index < -0.39 is 0 Å². The standard InChI is InChI=1S/C17H11NO3S/c19-15-13(10-5-2-1-3-6-10)16(20)18-17-14(15)11(9-22-17)12-7-4-8-21-12/h1-9H,(H2,18,19,20). The molecule has 3 heterocycles. The largest absolute Gasteiger partial charge is 0.506 e. The Kier molecular flexibility index (Phi) is 2.87. The minimum absolute atomic E-state index is 0.0161. The molecule has 4 aromatic rings. The van der Waals surface area contributed by atoms with E-state index in [0.717, 1.165) is 5.56 Å². The molecule has 0 amide bonds. The lowest BCUT2D eigenvalue weighted by Gasteiger charge is -2.06. The molecular formula is C17H11NO3S. The molecule has 108 valence electrons. The summed E-state index contributed by atoms with van der Waals surface area (Å²) in [7, 11) is 0. The van der Waals surface area contributed by atoms with Crippen LogP contribution in [0.3, 0.4) is 0 Å². The molecule has 0 spiro atoms. The number of aromatic amines is 1. The van der Waals surface area contributed by atoms with Crippen LogP contribution in [0.25, 0.3) is 32.7 Å².